The molecule has 2 aromatic rings. The third-order valence-electron chi connectivity index (χ3n) is 3.28. The molecule has 0 aromatic carbocycles. The van der Waals surface area contributed by atoms with Gasteiger partial charge in [0.05, 0.1) is 6.33 Å². The van der Waals surface area contributed by atoms with Gasteiger partial charge in [-0.3, -0.25) is 0 Å². The molecule has 1 fully saturated rings. The standard InChI is InChI=1S/C10H13N5OS/c11-10-13-8-7(9(17)14-10)12-4-15(8)6-1-5(2-6)3-16/h4-6,16H,1-3H2,(H3,11,13,14,17)/t5-,6+. The number of hydrogen-bond acceptors (Lipinski definition) is 6. The molecule has 1 saturated carbocycles. The zero-order valence-corrected chi connectivity index (χ0v) is 10.0. The van der Waals surface area contributed by atoms with E-state index in [1.807, 2.05) is 4.57 Å². The molecule has 3 N–H and O–H groups in total. The SMILES string of the molecule is Nc1nc(S)c2ncn([C@H]3C[C@@H](CO)C3)c2n1. The highest BCUT2D eigenvalue weighted by Gasteiger charge is 2.31. The maximum absolute atomic E-state index is 9.02. The lowest BCUT2D eigenvalue weighted by Gasteiger charge is -2.34. The van der Waals surface area contributed by atoms with E-state index in [1.54, 1.807) is 6.33 Å². The van der Waals surface area contributed by atoms with E-state index in [2.05, 4.69) is 27.6 Å². The first-order valence-electron chi connectivity index (χ1n) is 5.49. The van der Waals surface area contributed by atoms with Crippen molar-refractivity contribution in [3.8, 4) is 0 Å². The second-order valence-corrected chi connectivity index (χ2v) is 4.83. The quantitative estimate of drug-likeness (QED) is 0.538. The topological polar surface area (TPSA) is 89.8 Å². The van der Waals surface area contributed by atoms with E-state index in [0.717, 1.165) is 18.5 Å². The Bertz CT molecular complexity index is 563. The minimum Gasteiger partial charge on any atom is -0.396 e. The zero-order valence-electron chi connectivity index (χ0n) is 9.11. The van der Waals surface area contributed by atoms with E-state index in [0.29, 0.717) is 22.5 Å². The third kappa shape index (κ3) is 1.66. The number of imidazole rings is 1. The van der Waals surface area contributed by atoms with Gasteiger partial charge in [0.25, 0.3) is 0 Å². The maximum Gasteiger partial charge on any atom is 0.223 e. The Kier molecular flexibility index (Phi) is 2.44. The van der Waals surface area contributed by atoms with Crippen LogP contribution in [0.3, 0.4) is 0 Å². The monoisotopic (exact) mass is 251 g/mol. The summed E-state index contributed by atoms with van der Waals surface area (Å²) in [6.07, 6.45) is 3.65. The molecule has 0 radical (unpaired) electrons. The molecule has 2 heterocycles. The number of rotatable bonds is 2. The predicted molar refractivity (Wildman–Crippen MR) is 65.8 cm³/mol. The van der Waals surface area contributed by atoms with Crippen molar-refractivity contribution in [1.82, 2.24) is 19.5 Å². The van der Waals surface area contributed by atoms with Gasteiger partial charge in [-0.15, -0.1) is 12.6 Å². The minimum atomic E-state index is 0.210. The average molecular weight is 251 g/mol. The number of aliphatic hydroxyl groups excluding tert-OH is 1. The van der Waals surface area contributed by atoms with Crippen LogP contribution in [-0.4, -0.2) is 31.2 Å². The molecule has 0 aliphatic heterocycles. The number of nitrogens with zero attached hydrogens (tertiary/aromatic N) is 4. The van der Waals surface area contributed by atoms with Crippen LogP contribution in [0.1, 0.15) is 18.9 Å². The van der Waals surface area contributed by atoms with Crippen LogP contribution >= 0.6 is 12.6 Å². The van der Waals surface area contributed by atoms with Crippen LogP contribution in [0.5, 0.6) is 0 Å². The largest absolute Gasteiger partial charge is 0.396 e. The molecule has 3 rings (SSSR count). The summed E-state index contributed by atoms with van der Waals surface area (Å²) >= 11 is 4.24. The predicted octanol–water partition coefficient (Wildman–Crippen LogP) is 0.641. The van der Waals surface area contributed by atoms with Gasteiger partial charge in [0.2, 0.25) is 5.95 Å². The van der Waals surface area contributed by atoms with Crippen LogP contribution in [-0.2, 0) is 0 Å². The summed E-state index contributed by atoms with van der Waals surface area (Å²) in [7, 11) is 0. The lowest BCUT2D eigenvalue weighted by molar-refractivity contribution is 0.114. The average Bonchev–Trinajstić information content (AvgIpc) is 2.61. The number of aromatic nitrogens is 4. The first kappa shape index (κ1) is 10.8. The molecule has 0 bridgehead atoms. The number of nitrogens with two attached hydrogens (primary N) is 1. The van der Waals surface area contributed by atoms with E-state index < -0.39 is 0 Å². The molecule has 1 aliphatic carbocycles. The van der Waals surface area contributed by atoms with Gasteiger partial charge in [0.1, 0.15) is 10.5 Å². The van der Waals surface area contributed by atoms with Crippen LogP contribution in [0.2, 0.25) is 0 Å². The van der Waals surface area contributed by atoms with E-state index in [9.17, 15) is 0 Å². The Labute approximate surface area is 103 Å². The Hall–Kier alpha value is -1.34. The number of aliphatic hydroxyl groups is 1. The van der Waals surface area contributed by atoms with Crippen molar-refractivity contribution in [2.45, 2.75) is 23.9 Å². The first-order valence-corrected chi connectivity index (χ1v) is 5.93. The van der Waals surface area contributed by atoms with Crippen molar-refractivity contribution in [3.05, 3.63) is 6.33 Å². The van der Waals surface area contributed by atoms with Gasteiger partial charge < -0.3 is 15.4 Å². The highest BCUT2D eigenvalue weighted by Crippen LogP contribution is 2.38. The molecule has 7 heteroatoms. The van der Waals surface area contributed by atoms with Crippen molar-refractivity contribution in [1.29, 1.82) is 0 Å². The lowest BCUT2D eigenvalue weighted by Crippen LogP contribution is -2.28. The van der Waals surface area contributed by atoms with Crippen LogP contribution in [0.15, 0.2) is 11.4 Å². The minimum absolute atomic E-state index is 0.210. The van der Waals surface area contributed by atoms with Gasteiger partial charge in [-0.1, -0.05) is 0 Å². The fourth-order valence-electron chi connectivity index (χ4n) is 2.26. The van der Waals surface area contributed by atoms with E-state index in [4.69, 9.17) is 10.8 Å². The van der Waals surface area contributed by atoms with Crippen molar-refractivity contribution < 1.29 is 5.11 Å². The molecular formula is C10H13N5OS. The first-order chi connectivity index (χ1) is 8.19. The molecule has 6 nitrogen and oxygen atoms in total. The van der Waals surface area contributed by atoms with E-state index in [1.165, 1.54) is 0 Å². The second-order valence-electron chi connectivity index (χ2n) is 4.40. The Morgan fingerprint density at radius 2 is 2.24 bits per heavy atom. The van der Waals surface area contributed by atoms with Gasteiger partial charge >= 0.3 is 0 Å². The molecule has 17 heavy (non-hydrogen) atoms. The molecule has 90 valence electrons. The Morgan fingerprint density at radius 3 is 2.94 bits per heavy atom. The molecule has 0 unspecified atom stereocenters. The fourth-order valence-corrected chi connectivity index (χ4v) is 2.52. The summed E-state index contributed by atoms with van der Waals surface area (Å²) in [5, 5.41) is 9.52. The normalized spacial score (nSPS) is 23.9. The van der Waals surface area contributed by atoms with E-state index in [-0.39, 0.29) is 12.6 Å². The number of anilines is 1. The number of fused-ring (bicyclic) bond motifs is 1. The third-order valence-corrected chi connectivity index (χ3v) is 3.59. The van der Waals surface area contributed by atoms with E-state index >= 15 is 0 Å². The smallest absolute Gasteiger partial charge is 0.223 e. The van der Waals surface area contributed by atoms with Gasteiger partial charge in [0, 0.05) is 12.6 Å². The van der Waals surface area contributed by atoms with Crippen molar-refractivity contribution in [3.63, 3.8) is 0 Å². The van der Waals surface area contributed by atoms with Gasteiger partial charge in [-0.2, -0.15) is 4.98 Å². The summed E-state index contributed by atoms with van der Waals surface area (Å²) in [5.41, 5.74) is 7.02. The molecule has 0 amide bonds. The molecule has 0 spiro atoms. The van der Waals surface area contributed by atoms with Crippen molar-refractivity contribution in [2.24, 2.45) is 5.92 Å². The highest BCUT2D eigenvalue weighted by atomic mass is 32.1. The molecule has 0 atom stereocenters. The van der Waals surface area contributed by atoms with Crippen LogP contribution in [0.4, 0.5) is 5.95 Å². The fraction of sp³-hybridized carbons (Fsp3) is 0.500. The number of hydrogen-bond donors (Lipinski definition) is 3. The van der Waals surface area contributed by atoms with Crippen LogP contribution < -0.4 is 5.73 Å². The molecular weight excluding hydrogens is 238 g/mol. The summed E-state index contributed by atoms with van der Waals surface area (Å²) in [6, 6.07) is 0.346. The summed E-state index contributed by atoms with van der Waals surface area (Å²) in [5.74, 6) is 0.606. The number of thiol groups is 1. The Morgan fingerprint density at radius 1 is 1.47 bits per heavy atom. The summed E-state index contributed by atoms with van der Waals surface area (Å²) < 4.78 is 2.00. The second kappa shape index (κ2) is 3.85. The van der Waals surface area contributed by atoms with Gasteiger partial charge in [-0.05, 0) is 18.8 Å². The highest BCUT2D eigenvalue weighted by molar-refractivity contribution is 7.80. The van der Waals surface area contributed by atoms with Crippen molar-refractivity contribution >= 4 is 29.7 Å². The maximum atomic E-state index is 9.02. The molecule has 1 aliphatic rings. The van der Waals surface area contributed by atoms with Gasteiger partial charge in [-0.25, -0.2) is 9.97 Å². The van der Waals surface area contributed by atoms with Crippen LogP contribution in [0, 0.1) is 5.92 Å². The summed E-state index contributed by atoms with van der Waals surface area (Å²) in [6.45, 7) is 0.248. The number of nitrogen functional groups attached to an aromatic ring is 1. The Balaban J connectivity index is 2.01. The van der Waals surface area contributed by atoms with Crippen LogP contribution in [0.25, 0.3) is 11.2 Å². The summed E-state index contributed by atoms with van der Waals surface area (Å²) in [4.78, 5) is 12.4. The zero-order chi connectivity index (χ0) is 12.0. The van der Waals surface area contributed by atoms with Gasteiger partial charge in [0.15, 0.2) is 5.65 Å². The lowest BCUT2D eigenvalue weighted by atomic mass is 9.81. The van der Waals surface area contributed by atoms with Crippen molar-refractivity contribution in [2.75, 3.05) is 12.3 Å². The molecule has 2 aromatic heterocycles. The molecule has 0 saturated heterocycles.